The molecule has 1 fully saturated rings. The molecule has 2 rings (SSSR count). The lowest BCUT2D eigenvalue weighted by molar-refractivity contribution is 0.228. The van der Waals surface area contributed by atoms with Gasteiger partial charge >= 0.3 is 0 Å². The predicted octanol–water partition coefficient (Wildman–Crippen LogP) is 6.11. The molecule has 0 heterocycles. The zero-order valence-electron chi connectivity index (χ0n) is 12.8. The van der Waals surface area contributed by atoms with Crippen LogP contribution in [-0.2, 0) is 0 Å². The molecule has 0 bridgehead atoms. The largest absolute Gasteiger partial charge is 0.310 e. The third-order valence-electron chi connectivity index (χ3n) is 4.52. The van der Waals surface area contributed by atoms with Gasteiger partial charge in [-0.2, -0.15) is 0 Å². The maximum atomic E-state index is 14.4. The first-order valence-corrected chi connectivity index (χ1v) is 9.07. The van der Waals surface area contributed by atoms with Crippen LogP contribution in [0.3, 0.4) is 0 Å². The van der Waals surface area contributed by atoms with Gasteiger partial charge in [-0.05, 0) is 65.7 Å². The Morgan fingerprint density at radius 3 is 2.62 bits per heavy atom. The van der Waals surface area contributed by atoms with Crippen molar-refractivity contribution in [1.29, 1.82) is 0 Å². The first kappa shape index (κ1) is 17.2. The van der Waals surface area contributed by atoms with Crippen LogP contribution in [0, 0.1) is 17.7 Å². The summed E-state index contributed by atoms with van der Waals surface area (Å²) in [5, 5.41) is 4.13. The van der Waals surface area contributed by atoms with Crippen molar-refractivity contribution in [2.24, 2.45) is 11.8 Å². The van der Waals surface area contributed by atoms with E-state index in [0.717, 1.165) is 37.3 Å². The van der Waals surface area contributed by atoms with Crippen LogP contribution in [0.5, 0.6) is 0 Å². The molecule has 1 aromatic rings. The molecule has 1 N–H and O–H groups in total. The summed E-state index contributed by atoms with van der Waals surface area (Å²) in [6, 6.07) is 3.35. The molecular weight excluding hydrogens is 353 g/mol. The predicted molar refractivity (Wildman–Crippen MR) is 91.3 cm³/mol. The molecule has 1 unspecified atom stereocenters. The van der Waals surface area contributed by atoms with E-state index in [2.05, 4.69) is 35.1 Å². The van der Waals surface area contributed by atoms with Crippen LogP contribution < -0.4 is 5.32 Å². The molecule has 1 saturated carbocycles. The molecule has 0 spiro atoms. The van der Waals surface area contributed by atoms with E-state index < -0.39 is 0 Å². The summed E-state index contributed by atoms with van der Waals surface area (Å²) in [6.07, 6.45) is 5.85. The second-order valence-corrected chi connectivity index (χ2v) is 7.50. The first-order valence-electron chi connectivity index (χ1n) is 7.90. The van der Waals surface area contributed by atoms with Crippen molar-refractivity contribution >= 4 is 27.5 Å². The van der Waals surface area contributed by atoms with Gasteiger partial charge in [0.2, 0.25) is 0 Å². The van der Waals surface area contributed by atoms with E-state index in [1.54, 1.807) is 6.07 Å². The molecule has 0 aliphatic heterocycles. The van der Waals surface area contributed by atoms with Gasteiger partial charge in [-0.3, -0.25) is 0 Å². The number of nitrogens with one attached hydrogen (secondary N) is 1. The Hall–Kier alpha value is -0.120. The van der Waals surface area contributed by atoms with E-state index in [-0.39, 0.29) is 11.9 Å². The maximum absolute atomic E-state index is 14.4. The Bertz CT molecular complexity index is 472. The molecule has 1 nitrogen and oxygen atoms in total. The van der Waals surface area contributed by atoms with Gasteiger partial charge in [0.1, 0.15) is 5.82 Å². The summed E-state index contributed by atoms with van der Waals surface area (Å²) in [5.74, 6) is 1.13. The van der Waals surface area contributed by atoms with E-state index in [9.17, 15) is 4.39 Å². The molecule has 4 heteroatoms. The number of rotatable bonds is 5. The van der Waals surface area contributed by atoms with Gasteiger partial charge in [-0.1, -0.05) is 38.3 Å². The zero-order valence-corrected chi connectivity index (χ0v) is 15.1. The van der Waals surface area contributed by atoms with Crippen molar-refractivity contribution in [1.82, 2.24) is 5.32 Å². The Kier molecular flexibility index (Phi) is 6.51. The zero-order chi connectivity index (χ0) is 15.4. The van der Waals surface area contributed by atoms with Crippen LogP contribution in [-0.4, -0.2) is 6.54 Å². The van der Waals surface area contributed by atoms with Gasteiger partial charge in [-0.15, -0.1) is 0 Å². The van der Waals surface area contributed by atoms with Crippen molar-refractivity contribution in [3.63, 3.8) is 0 Å². The molecule has 0 amide bonds. The molecule has 1 aliphatic rings. The van der Waals surface area contributed by atoms with Gasteiger partial charge in [-0.25, -0.2) is 4.39 Å². The highest BCUT2D eigenvalue weighted by molar-refractivity contribution is 9.10. The number of hydrogen-bond acceptors (Lipinski definition) is 1. The number of benzene rings is 1. The molecule has 1 aliphatic carbocycles. The summed E-state index contributed by atoms with van der Waals surface area (Å²) in [7, 11) is 0. The second-order valence-electron chi connectivity index (χ2n) is 6.24. The van der Waals surface area contributed by atoms with E-state index in [1.165, 1.54) is 18.9 Å². The minimum atomic E-state index is -0.168. The fourth-order valence-corrected chi connectivity index (χ4v) is 3.71. The average Bonchev–Trinajstić information content (AvgIpc) is 2.46. The Morgan fingerprint density at radius 2 is 2.00 bits per heavy atom. The van der Waals surface area contributed by atoms with Crippen LogP contribution in [0.4, 0.5) is 4.39 Å². The smallest absolute Gasteiger partial charge is 0.129 e. The highest BCUT2D eigenvalue weighted by Crippen LogP contribution is 2.39. The van der Waals surface area contributed by atoms with Gasteiger partial charge < -0.3 is 5.32 Å². The maximum Gasteiger partial charge on any atom is 0.129 e. The molecule has 21 heavy (non-hydrogen) atoms. The molecule has 0 saturated heterocycles. The Labute approximate surface area is 140 Å². The Balaban J connectivity index is 2.25. The molecule has 1 atom stereocenters. The third-order valence-corrected chi connectivity index (χ3v) is 5.72. The average molecular weight is 377 g/mol. The lowest BCUT2D eigenvalue weighted by Crippen LogP contribution is -2.32. The van der Waals surface area contributed by atoms with E-state index >= 15 is 0 Å². The van der Waals surface area contributed by atoms with Crippen molar-refractivity contribution in [3.8, 4) is 0 Å². The fraction of sp³-hybridized carbons (Fsp3) is 0.647. The molecule has 0 radical (unpaired) electrons. The second kappa shape index (κ2) is 7.94. The van der Waals surface area contributed by atoms with Crippen molar-refractivity contribution in [2.45, 2.75) is 52.0 Å². The van der Waals surface area contributed by atoms with E-state index in [0.29, 0.717) is 15.4 Å². The lowest BCUT2D eigenvalue weighted by atomic mass is 9.77. The summed E-state index contributed by atoms with van der Waals surface area (Å²) in [4.78, 5) is 0. The van der Waals surface area contributed by atoms with Crippen LogP contribution >= 0.6 is 27.5 Å². The van der Waals surface area contributed by atoms with Gasteiger partial charge in [0.15, 0.2) is 0 Å². The monoisotopic (exact) mass is 375 g/mol. The van der Waals surface area contributed by atoms with E-state index in [1.807, 2.05) is 0 Å². The van der Waals surface area contributed by atoms with Crippen molar-refractivity contribution < 1.29 is 4.39 Å². The fourth-order valence-electron chi connectivity index (χ4n) is 3.23. The minimum Gasteiger partial charge on any atom is -0.310 e. The van der Waals surface area contributed by atoms with Gasteiger partial charge in [0, 0.05) is 16.1 Å². The third kappa shape index (κ3) is 4.43. The van der Waals surface area contributed by atoms with Crippen LogP contribution in [0.2, 0.25) is 5.02 Å². The van der Waals surface area contributed by atoms with Crippen molar-refractivity contribution in [3.05, 3.63) is 33.0 Å². The first-order chi connectivity index (χ1) is 10.0. The van der Waals surface area contributed by atoms with Crippen molar-refractivity contribution in [2.75, 3.05) is 6.54 Å². The SMILES string of the molecule is CCCNC(c1cc(Cl)c(Br)cc1F)C1CCC(C)CC1. The van der Waals surface area contributed by atoms with Crippen LogP contribution in [0.15, 0.2) is 16.6 Å². The molecule has 1 aromatic carbocycles. The van der Waals surface area contributed by atoms with Crippen LogP contribution in [0.1, 0.15) is 57.6 Å². The van der Waals surface area contributed by atoms with Crippen LogP contribution in [0.25, 0.3) is 0 Å². The molecule has 118 valence electrons. The summed E-state index contributed by atoms with van der Waals surface area (Å²) < 4.78 is 15.0. The standard InChI is InChI=1S/C17H24BrClFN/c1-3-8-21-17(12-6-4-11(2)5-7-12)13-9-15(19)14(18)10-16(13)20/h9-12,17,21H,3-8H2,1-2H3. The highest BCUT2D eigenvalue weighted by Gasteiger charge is 2.29. The summed E-state index contributed by atoms with van der Waals surface area (Å²) >= 11 is 9.48. The van der Waals surface area contributed by atoms with Gasteiger partial charge in [0.05, 0.1) is 5.02 Å². The van der Waals surface area contributed by atoms with Gasteiger partial charge in [0.25, 0.3) is 0 Å². The minimum absolute atomic E-state index is 0.0723. The molecule has 0 aromatic heterocycles. The highest BCUT2D eigenvalue weighted by atomic mass is 79.9. The van der Waals surface area contributed by atoms with E-state index in [4.69, 9.17) is 11.6 Å². The molecular formula is C17H24BrClFN. The number of hydrogen-bond donors (Lipinski definition) is 1. The summed E-state index contributed by atoms with van der Waals surface area (Å²) in [5.41, 5.74) is 0.719. The lowest BCUT2D eigenvalue weighted by Gasteiger charge is -2.34. The normalized spacial score (nSPS) is 24.0. The topological polar surface area (TPSA) is 12.0 Å². The quantitative estimate of drug-likeness (QED) is 0.611. The number of halogens is 3. The Morgan fingerprint density at radius 1 is 1.33 bits per heavy atom. The summed E-state index contributed by atoms with van der Waals surface area (Å²) in [6.45, 7) is 5.35.